The third kappa shape index (κ3) is 2.74. The van der Waals surface area contributed by atoms with E-state index in [0.717, 1.165) is 20.2 Å². The molecular formula is C13H13Br2N3O. The van der Waals surface area contributed by atoms with Crippen LogP contribution in [0, 0.1) is 13.8 Å². The van der Waals surface area contributed by atoms with E-state index in [1.807, 2.05) is 25.1 Å². The molecule has 0 amide bonds. The van der Waals surface area contributed by atoms with E-state index in [2.05, 4.69) is 36.8 Å². The Morgan fingerprint density at radius 2 is 1.95 bits per heavy atom. The highest BCUT2D eigenvalue weighted by atomic mass is 79.9. The molecule has 0 aliphatic rings. The number of nitrogens with two attached hydrogens (primary N) is 1. The van der Waals surface area contributed by atoms with Gasteiger partial charge in [-0.05, 0) is 57.3 Å². The molecule has 100 valence electrons. The molecule has 4 nitrogen and oxygen atoms in total. The third-order valence-electron chi connectivity index (χ3n) is 2.97. The Morgan fingerprint density at radius 1 is 1.26 bits per heavy atom. The summed E-state index contributed by atoms with van der Waals surface area (Å²) in [6, 6.07) is 5.61. The van der Waals surface area contributed by atoms with Gasteiger partial charge in [-0.1, -0.05) is 12.1 Å². The molecule has 0 atom stereocenters. The average Bonchev–Trinajstić information content (AvgIpc) is 2.37. The quantitative estimate of drug-likeness (QED) is 0.807. The van der Waals surface area contributed by atoms with E-state index in [1.54, 1.807) is 11.5 Å². The number of rotatable bonds is 2. The van der Waals surface area contributed by atoms with Gasteiger partial charge in [0.2, 0.25) is 0 Å². The van der Waals surface area contributed by atoms with Gasteiger partial charge in [-0.3, -0.25) is 4.57 Å². The maximum atomic E-state index is 12.0. The number of hydrogen-bond acceptors (Lipinski definition) is 3. The van der Waals surface area contributed by atoms with Crippen LogP contribution in [0.4, 0.5) is 5.69 Å². The molecule has 0 aliphatic carbocycles. The lowest BCUT2D eigenvalue weighted by molar-refractivity contribution is 0.687. The first-order chi connectivity index (χ1) is 8.91. The molecule has 2 rings (SSSR count). The van der Waals surface area contributed by atoms with Crippen molar-refractivity contribution in [3.8, 4) is 0 Å². The van der Waals surface area contributed by atoms with Gasteiger partial charge in [-0.15, -0.1) is 0 Å². The van der Waals surface area contributed by atoms with Gasteiger partial charge in [0.25, 0.3) is 0 Å². The highest BCUT2D eigenvalue weighted by Crippen LogP contribution is 2.25. The summed E-state index contributed by atoms with van der Waals surface area (Å²) in [6.45, 7) is 4.13. The van der Waals surface area contributed by atoms with E-state index in [9.17, 15) is 4.79 Å². The van der Waals surface area contributed by atoms with Gasteiger partial charge >= 0.3 is 5.69 Å². The standard InChI is InChI=1S/C13H13Br2N3O/c1-7-11(14)8(2)18(13(19)17-7)6-9-4-3-5-10(16)12(9)15/h3-5H,6,16H2,1-2H3. The second-order valence-corrected chi connectivity index (χ2v) is 5.87. The zero-order valence-electron chi connectivity index (χ0n) is 10.6. The molecule has 0 radical (unpaired) electrons. The van der Waals surface area contributed by atoms with Crippen molar-refractivity contribution >= 4 is 37.5 Å². The first kappa shape index (κ1) is 14.3. The Bertz CT molecular complexity index is 695. The van der Waals surface area contributed by atoms with Gasteiger partial charge in [0.05, 0.1) is 16.7 Å². The highest BCUT2D eigenvalue weighted by Gasteiger charge is 2.11. The van der Waals surface area contributed by atoms with Gasteiger partial charge in [-0.2, -0.15) is 4.98 Å². The smallest absolute Gasteiger partial charge is 0.348 e. The Hall–Kier alpha value is -1.14. The van der Waals surface area contributed by atoms with Crippen molar-refractivity contribution in [2.75, 3.05) is 5.73 Å². The van der Waals surface area contributed by atoms with Gasteiger partial charge in [0, 0.05) is 15.9 Å². The molecule has 0 spiro atoms. The fourth-order valence-corrected chi connectivity index (χ4v) is 2.55. The predicted molar refractivity (Wildman–Crippen MR) is 83.3 cm³/mol. The second kappa shape index (κ2) is 5.46. The highest BCUT2D eigenvalue weighted by molar-refractivity contribution is 9.11. The van der Waals surface area contributed by atoms with Crippen molar-refractivity contribution < 1.29 is 0 Å². The van der Waals surface area contributed by atoms with Crippen molar-refractivity contribution in [2.24, 2.45) is 0 Å². The molecular weight excluding hydrogens is 374 g/mol. The van der Waals surface area contributed by atoms with Crippen molar-refractivity contribution in [1.82, 2.24) is 9.55 Å². The Balaban J connectivity index is 2.53. The summed E-state index contributed by atoms with van der Waals surface area (Å²) in [5, 5.41) is 0. The van der Waals surface area contributed by atoms with Crippen LogP contribution in [0.3, 0.4) is 0 Å². The summed E-state index contributed by atoms with van der Waals surface area (Å²) in [7, 11) is 0. The van der Waals surface area contributed by atoms with Crippen LogP contribution in [-0.2, 0) is 6.54 Å². The summed E-state index contributed by atoms with van der Waals surface area (Å²) < 4.78 is 3.29. The minimum atomic E-state index is -0.257. The van der Waals surface area contributed by atoms with Gasteiger partial charge in [-0.25, -0.2) is 4.79 Å². The van der Waals surface area contributed by atoms with E-state index >= 15 is 0 Å². The molecule has 1 heterocycles. The predicted octanol–water partition coefficient (Wildman–Crippen LogP) is 3.02. The van der Waals surface area contributed by atoms with E-state index in [1.165, 1.54) is 0 Å². The van der Waals surface area contributed by atoms with Crippen LogP contribution >= 0.6 is 31.9 Å². The molecule has 19 heavy (non-hydrogen) atoms. The molecule has 1 aromatic carbocycles. The number of aryl methyl sites for hydroxylation is 1. The Kier molecular flexibility index (Phi) is 4.10. The lowest BCUT2D eigenvalue weighted by Gasteiger charge is -2.13. The summed E-state index contributed by atoms with van der Waals surface area (Å²) >= 11 is 6.90. The molecule has 0 saturated carbocycles. The molecule has 2 aromatic rings. The monoisotopic (exact) mass is 385 g/mol. The third-order valence-corrected chi connectivity index (χ3v) is 5.09. The number of nitrogen functional groups attached to an aromatic ring is 1. The number of aromatic nitrogens is 2. The maximum absolute atomic E-state index is 12.0. The van der Waals surface area contributed by atoms with Crippen molar-refractivity contribution in [1.29, 1.82) is 0 Å². The largest absolute Gasteiger partial charge is 0.398 e. The first-order valence-electron chi connectivity index (χ1n) is 5.68. The summed E-state index contributed by atoms with van der Waals surface area (Å²) in [4.78, 5) is 16.0. The molecule has 0 bridgehead atoms. The second-order valence-electron chi connectivity index (χ2n) is 4.29. The minimum Gasteiger partial charge on any atom is -0.398 e. The lowest BCUT2D eigenvalue weighted by Crippen LogP contribution is -2.27. The molecule has 1 aromatic heterocycles. The van der Waals surface area contributed by atoms with Gasteiger partial charge < -0.3 is 5.73 Å². The molecule has 0 aliphatic heterocycles. The fourth-order valence-electron chi connectivity index (χ4n) is 1.85. The van der Waals surface area contributed by atoms with Gasteiger partial charge in [0.15, 0.2) is 0 Å². The van der Waals surface area contributed by atoms with Crippen molar-refractivity contribution in [3.63, 3.8) is 0 Å². The first-order valence-corrected chi connectivity index (χ1v) is 7.26. The SMILES string of the molecule is Cc1nc(=O)n(Cc2cccc(N)c2Br)c(C)c1Br. The van der Waals surface area contributed by atoms with Crippen LogP contribution in [0.15, 0.2) is 31.9 Å². The van der Waals surface area contributed by atoms with E-state index in [0.29, 0.717) is 17.9 Å². The van der Waals surface area contributed by atoms with Crippen LogP contribution in [-0.4, -0.2) is 9.55 Å². The van der Waals surface area contributed by atoms with Crippen LogP contribution < -0.4 is 11.4 Å². The zero-order valence-corrected chi connectivity index (χ0v) is 13.7. The minimum absolute atomic E-state index is 0.257. The molecule has 0 unspecified atom stereocenters. The van der Waals surface area contributed by atoms with Crippen LogP contribution in [0.1, 0.15) is 17.0 Å². The Labute approximate surface area is 127 Å². The van der Waals surface area contributed by atoms with E-state index in [-0.39, 0.29) is 5.69 Å². The van der Waals surface area contributed by atoms with Gasteiger partial charge in [0.1, 0.15) is 0 Å². The van der Waals surface area contributed by atoms with Crippen molar-refractivity contribution in [2.45, 2.75) is 20.4 Å². The fraction of sp³-hybridized carbons (Fsp3) is 0.231. The molecule has 0 fully saturated rings. The number of hydrogen-bond donors (Lipinski definition) is 1. The number of nitrogens with zero attached hydrogens (tertiary/aromatic N) is 2. The summed E-state index contributed by atoms with van der Waals surface area (Å²) in [5.74, 6) is 0. The van der Waals surface area contributed by atoms with Crippen molar-refractivity contribution in [3.05, 3.63) is 54.6 Å². The van der Waals surface area contributed by atoms with Crippen LogP contribution in [0.5, 0.6) is 0 Å². The Morgan fingerprint density at radius 3 is 2.63 bits per heavy atom. The number of halogens is 2. The normalized spacial score (nSPS) is 10.7. The maximum Gasteiger partial charge on any atom is 0.348 e. The molecule has 2 N–H and O–H groups in total. The number of benzene rings is 1. The summed E-state index contributed by atoms with van der Waals surface area (Å²) in [5.41, 5.74) is 8.74. The van der Waals surface area contributed by atoms with Crippen LogP contribution in [0.25, 0.3) is 0 Å². The summed E-state index contributed by atoms with van der Waals surface area (Å²) in [6.07, 6.45) is 0. The number of anilines is 1. The lowest BCUT2D eigenvalue weighted by atomic mass is 10.2. The molecule has 6 heteroatoms. The zero-order chi connectivity index (χ0) is 14.2. The molecule has 0 saturated heterocycles. The topological polar surface area (TPSA) is 60.9 Å². The van der Waals surface area contributed by atoms with E-state index < -0.39 is 0 Å². The average molecular weight is 387 g/mol. The van der Waals surface area contributed by atoms with E-state index in [4.69, 9.17) is 5.73 Å². The van der Waals surface area contributed by atoms with Crippen LogP contribution in [0.2, 0.25) is 0 Å².